The van der Waals surface area contributed by atoms with Crippen LogP contribution in [-0.4, -0.2) is 12.4 Å². The molecule has 0 aromatic heterocycles. The molecule has 0 bridgehead atoms. The topological polar surface area (TPSA) is 50.4 Å². The fraction of sp³-hybridized carbons (Fsp3) is 0.222. The Morgan fingerprint density at radius 3 is 2.36 bits per heavy atom. The summed E-state index contributed by atoms with van der Waals surface area (Å²) in [5.74, 6) is 5.90. The number of halogens is 2. The van der Waals surface area contributed by atoms with Crippen LogP contribution in [0.3, 0.4) is 0 Å². The second-order valence-corrected chi connectivity index (χ2v) is 3.50. The number of nitrogens with two attached hydrogens (primary N) is 1. The molecular weight excluding hydrogens is 221 g/mol. The quantitative estimate of drug-likeness (QED) is 0.355. The van der Waals surface area contributed by atoms with Crippen molar-refractivity contribution in [2.45, 2.75) is 6.92 Å². The lowest BCUT2D eigenvalue weighted by molar-refractivity contribution is 0.991. The van der Waals surface area contributed by atoms with Gasteiger partial charge in [-0.25, -0.2) is 5.84 Å². The Kier molecular flexibility index (Phi) is 4.20. The van der Waals surface area contributed by atoms with Crippen molar-refractivity contribution in [2.24, 2.45) is 10.8 Å². The molecule has 3 N–H and O–H groups in total. The Morgan fingerprint density at radius 2 is 1.93 bits per heavy atom. The summed E-state index contributed by atoms with van der Waals surface area (Å²) >= 11 is 11.7. The van der Waals surface area contributed by atoms with Crippen LogP contribution in [0.4, 0.5) is 0 Å². The number of hydrogen-bond donors (Lipinski definition) is 2. The van der Waals surface area contributed by atoms with Crippen LogP contribution in [0.15, 0.2) is 23.2 Å². The van der Waals surface area contributed by atoms with E-state index < -0.39 is 0 Å². The predicted molar refractivity (Wildman–Crippen MR) is 60.9 cm³/mol. The van der Waals surface area contributed by atoms with Crippen molar-refractivity contribution in [3.63, 3.8) is 0 Å². The monoisotopic (exact) mass is 231 g/mol. The Bertz CT molecular complexity index is 330. The molecule has 0 amide bonds. The van der Waals surface area contributed by atoms with E-state index in [4.69, 9.17) is 29.0 Å². The molecule has 14 heavy (non-hydrogen) atoms. The minimum absolute atomic E-state index is 0.562. The number of aliphatic imine (C=N–C) groups is 1. The van der Waals surface area contributed by atoms with Crippen molar-refractivity contribution in [1.82, 2.24) is 5.43 Å². The van der Waals surface area contributed by atoms with Gasteiger partial charge in [0, 0.05) is 22.2 Å². The second kappa shape index (κ2) is 5.20. The van der Waals surface area contributed by atoms with E-state index >= 15 is 0 Å². The molecule has 76 valence electrons. The third-order valence-corrected chi connectivity index (χ3v) is 2.03. The number of benzene rings is 1. The average molecular weight is 232 g/mol. The van der Waals surface area contributed by atoms with Gasteiger partial charge in [-0.3, -0.25) is 4.99 Å². The molecule has 0 fully saturated rings. The average Bonchev–Trinajstić information content (AvgIpc) is 2.12. The lowest BCUT2D eigenvalue weighted by Crippen LogP contribution is -2.31. The molecule has 0 spiro atoms. The fourth-order valence-electron chi connectivity index (χ4n) is 1.07. The SMILES string of the molecule is CCN=C(NN)c1cc(Cl)cc(Cl)c1. The first-order valence-electron chi connectivity index (χ1n) is 4.15. The first-order chi connectivity index (χ1) is 6.67. The zero-order valence-electron chi connectivity index (χ0n) is 7.72. The van der Waals surface area contributed by atoms with Gasteiger partial charge in [0.1, 0.15) is 5.84 Å². The summed E-state index contributed by atoms with van der Waals surface area (Å²) in [6.07, 6.45) is 0. The maximum absolute atomic E-state index is 5.84. The van der Waals surface area contributed by atoms with E-state index in [1.807, 2.05) is 6.92 Å². The summed E-state index contributed by atoms with van der Waals surface area (Å²) in [5.41, 5.74) is 3.29. The maximum Gasteiger partial charge on any atom is 0.142 e. The van der Waals surface area contributed by atoms with Crippen LogP contribution in [0.25, 0.3) is 0 Å². The van der Waals surface area contributed by atoms with Gasteiger partial charge in [-0.05, 0) is 25.1 Å². The van der Waals surface area contributed by atoms with Crippen LogP contribution >= 0.6 is 23.2 Å². The third-order valence-electron chi connectivity index (χ3n) is 1.59. The summed E-state index contributed by atoms with van der Waals surface area (Å²) in [4.78, 5) is 4.16. The lowest BCUT2D eigenvalue weighted by Gasteiger charge is -2.06. The van der Waals surface area contributed by atoms with Crippen molar-refractivity contribution in [1.29, 1.82) is 0 Å². The van der Waals surface area contributed by atoms with Gasteiger partial charge in [-0.15, -0.1) is 0 Å². The first kappa shape index (κ1) is 11.3. The van der Waals surface area contributed by atoms with Gasteiger partial charge in [-0.1, -0.05) is 23.2 Å². The predicted octanol–water partition coefficient (Wildman–Crippen LogP) is 2.22. The summed E-state index contributed by atoms with van der Waals surface area (Å²) in [6.45, 7) is 2.56. The third kappa shape index (κ3) is 2.87. The summed E-state index contributed by atoms with van der Waals surface area (Å²) in [5, 5.41) is 1.12. The van der Waals surface area contributed by atoms with Crippen LogP contribution in [-0.2, 0) is 0 Å². The Hall–Kier alpha value is -0.770. The number of nitrogens with zero attached hydrogens (tertiary/aromatic N) is 1. The number of rotatable bonds is 2. The maximum atomic E-state index is 5.84. The molecule has 0 aliphatic heterocycles. The van der Waals surface area contributed by atoms with Crippen LogP contribution in [0.5, 0.6) is 0 Å². The van der Waals surface area contributed by atoms with Crippen LogP contribution in [0.2, 0.25) is 10.0 Å². The van der Waals surface area contributed by atoms with E-state index in [0.717, 1.165) is 5.56 Å². The van der Waals surface area contributed by atoms with Gasteiger partial charge in [-0.2, -0.15) is 0 Å². The van der Waals surface area contributed by atoms with E-state index in [9.17, 15) is 0 Å². The molecule has 0 aliphatic carbocycles. The molecule has 1 aromatic carbocycles. The molecular formula is C9H11Cl2N3. The molecule has 0 atom stereocenters. The van der Waals surface area contributed by atoms with Gasteiger partial charge in [0.05, 0.1) is 0 Å². The van der Waals surface area contributed by atoms with Gasteiger partial charge < -0.3 is 5.43 Å². The van der Waals surface area contributed by atoms with Crippen LogP contribution in [0, 0.1) is 0 Å². The Labute approximate surface area is 92.9 Å². The summed E-state index contributed by atoms with van der Waals surface area (Å²) in [7, 11) is 0. The van der Waals surface area contributed by atoms with Crippen molar-refractivity contribution in [3.8, 4) is 0 Å². The van der Waals surface area contributed by atoms with E-state index in [2.05, 4.69) is 10.4 Å². The standard InChI is InChI=1S/C9H11Cl2N3/c1-2-13-9(14-12)6-3-7(10)5-8(11)4-6/h3-5H,2,12H2,1H3,(H,13,14). The number of hydrazine groups is 1. The zero-order chi connectivity index (χ0) is 10.6. The van der Waals surface area contributed by atoms with Crippen LogP contribution < -0.4 is 11.3 Å². The normalized spacial score (nSPS) is 11.6. The molecule has 0 unspecified atom stereocenters. The Balaban J connectivity index is 3.10. The second-order valence-electron chi connectivity index (χ2n) is 2.63. The van der Waals surface area contributed by atoms with Crippen molar-refractivity contribution >= 4 is 29.0 Å². The molecule has 1 aromatic rings. The highest BCUT2D eigenvalue weighted by Gasteiger charge is 2.03. The van der Waals surface area contributed by atoms with Gasteiger partial charge >= 0.3 is 0 Å². The van der Waals surface area contributed by atoms with E-state index in [1.54, 1.807) is 18.2 Å². The summed E-state index contributed by atoms with van der Waals surface area (Å²) < 4.78 is 0. The molecule has 0 radical (unpaired) electrons. The molecule has 3 nitrogen and oxygen atoms in total. The molecule has 5 heteroatoms. The van der Waals surface area contributed by atoms with Gasteiger partial charge in [0.2, 0.25) is 0 Å². The van der Waals surface area contributed by atoms with Crippen molar-refractivity contribution in [3.05, 3.63) is 33.8 Å². The highest BCUT2D eigenvalue weighted by molar-refractivity contribution is 6.35. The van der Waals surface area contributed by atoms with Crippen molar-refractivity contribution in [2.75, 3.05) is 6.54 Å². The summed E-state index contributed by atoms with van der Waals surface area (Å²) in [6, 6.07) is 5.16. The fourth-order valence-corrected chi connectivity index (χ4v) is 1.59. The minimum atomic E-state index is 0.562. The van der Waals surface area contributed by atoms with Gasteiger partial charge in [0.15, 0.2) is 0 Å². The van der Waals surface area contributed by atoms with Crippen molar-refractivity contribution < 1.29 is 0 Å². The number of nitrogens with one attached hydrogen (secondary N) is 1. The molecule has 0 saturated heterocycles. The van der Waals surface area contributed by atoms with E-state index in [0.29, 0.717) is 22.4 Å². The van der Waals surface area contributed by atoms with Crippen LogP contribution in [0.1, 0.15) is 12.5 Å². The van der Waals surface area contributed by atoms with E-state index in [-0.39, 0.29) is 0 Å². The highest BCUT2D eigenvalue weighted by Crippen LogP contribution is 2.19. The van der Waals surface area contributed by atoms with Gasteiger partial charge in [0.25, 0.3) is 0 Å². The van der Waals surface area contributed by atoms with E-state index in [1.165, 1.54) is 0 Å². The zero-order valence-corrected chi connectivity index (χ0v) is 9.23. The number of amidine groups is 1. The Morgan fingerprint density at radius 1 is 1.36 bits per heavy atom. The molecule has 1 rings (SSSR count). The number of hydrogen-bond acceptors (Lipinski definition) is 2. The smallest absolute Gasteiger partial charge is 0.142 e. The molecule has 0 heterocycles. The first-order valence-corrected chi connectivity index (χ1v) is 4.90. The molecule has 0 aliphatic rings. The minimum Gasteiger partial charge on any atom is -0.308 e. The molecule has 0 saturated carbocycles. The lowest BCUT2D eigenvalue weighted by atomic mass is 10.2. The highest BCUT2D eigenvalue weighted by atomic mass is 35.5. The largest absolute Gasteiger partial charge is 0.308 e.